The van der Waals surface area contributed by atoms with Crippen LogP contribution in [0.2, 0.25) is 0 Å². The Labute approximate surface area is 233 Å². The van der Waals surface area contributed by atoms with Gasteiger partial charge in [0.1, 0.15) is 12.4 Å². The molecule has 210 valence electrons. The zero-order valence-corrected chi connectivity index (χ0v) is 22.5. The number of nitrogens with one attached hydrogen (secondary N) is 1. The quantitative estimate of drug-likeness (QED) is 0.314. The molecule has 0 spiro atoms. The van der Waals surface area contributed by atoms with E-state index in [1.165, 1.54) is 16.9 Å². The minimum Gasteiger partial charge on any atom is -0.460 e. The maximum absolute atomic E-state index is 15.1. The highest BCUT2D eigenvalue weighted by Crippen LogP contribution is 2.45. The largest absolute Gasteiger partial charge is 0.460 e. The van der Waals surface area contributed by atoms with Crippen LogP contribution in [-0.2, 0) is 35.6 Å². The molecule has 7 rings (SSSR count). The minimum atomic E-state index is -0.543. The number of amides is 1. The fourth-order valence-electron chi connectivity index (χ4n) is 6.57. The number of carbonyl (C=O) groups is 2. The van der Waals surface area contributed by atoms with E-state index in [2.05, 4.69) is 15.6 Å². The van der Waals surface area contributed by atoms with E-state index >= 15 is 4.39 Å². The summed E-state index contributed by atoms with van der Waals surface area (Å²) in [5.74, 6) is -1.68. The molecule has 3 aromatic heterocycles. The SMILES string of the molecule is CCC1C(=O)OCc2c1cc1n(c2=O)Cc2c-1nc1cc(F)c(C)c3c1c2C(NC(=O)c1cn(CCO)nn1)CC3. The molecule has 2 atom stereocenters. The van der Waals surface area contributed by atoms with Crippen LogP contribution in [0.1, 0.15) is 75.6 Å². The van der Waals surface area contributed by atoms with E-state index in [1.54, 1.807) is 11.5 Å². The van der Waals surface area contributed by atoms with Crippen molar-refractivity contribution in [1.29, 1.82) is 0 Å². The number of rotatable bonds is 5. The number of pyridine rings is 2. The lowest BCUT2D eigenvalue weighted by atomic mass is 9.81. The van der Waals surface area contributed by atoms with Crippen molar-refractivity contribution in [3.05, 3.63) is 73.6 Å². The van der Waals surface area contributed by atoms with E-state index in [4.69, 9.17) is 9.72 Å². The number of benzene rings is 1. The zero-order valence-electron chi connectivity index (χ0n) is 22.5. The van der Waals surface area contributed by atoms with E-state index in [0.29, 0.717) is 52.9 Å². The van der Waals surface area contributed by atoms with Crippen molar-refractivity contribution < 1.29 is 23.8 Å². The number of aryl methyl sites for hydroxylation is 1. The van der Waals surface area contributed by atoms with E-state index in [9.17, 15) is 19.5 Å². The number of halogens is 1. The number of hydrogen-bond acceptors (Lipinski definition) is 8. The second-order valence-electron chi connectivity index (χ2n) is 10.8. The molecule has 2 unspecified atom stereocenters. The summed E-state index contributed by atoms with van der Waals surface area (Å²) < 4.78 is 23.4. The number of hydrogen-bond donors (Lipinski definition) is 2. The molecule has 4 aromatic rings. The number of nitrogens with zero attached hydrogens (tertiary/aromatic N) is 5. The third kappa shape index (κ3) is 3.73. The van der Waals surface area contributed by atoms with Crippen LogP contribution in [0, 0.1) is 12.7 Å². The van der Waals surface area contributed by atoms with Gasteiger partial charge in [-0.25, -0.2) is 14.1 Å². The molecule has 3 aliphatic rings. The molecule has 1 aliphatic carbocycles. The van der Waals surface area contributed by atoms with E-state index < -0.39 is 17.9 Å². The summed E-state index contributed by atoms with van der Waals surface area (Å²) in [5.41, 5.74) is 5.55. The number of esters is 1. The maximum Gasteiger partial charge on any atom is 0.313 e. The fraction of sp³-hybridized carbons (Fsp3) is 0.379. The van der Waals surface area contributed by atoms with Gasteiger partial charge in [-0.2, -0.15) is 0 Å². The van der Waals surface area contributed by atoms with Crippen molar-refractivity contribution in [1.82, 2.24) is 29.9 Å². The van der Waals surface area contributed by atoms with Crippen LogP contribution < -0.4 is 10.9 Å². The Bertz CT molecular complexity index is 1860. The molecule has 12 heteroatoms. The molecule has 2 N–H and O–H groups in total. The Balaban J connectivity index is 1.40. The smallest absolute Gasteiger partial charge is 0.313 e. The zero-order chi connectivity index (χ0) is 28.6. The first-order valence-electron chi connectivity index (χ1n) is 13.7. The highest BCUT2D eigenvalue weighted by atomic mass is 19.1. The van der Waals surface area contributed by atoms with Gasteiger partial charge in [0, 0.05) is 17.0 Å². The molecule has 0 fully saturated rings. The summed E-state index contributed by atoms with van der Waals surface area (Å²) in [6.07, 6.45) is 3.01. The van der Waals surface area contributed by atoms with Gasteiger partial charge in [0.15, 0.2) is 5.69 Å². The molecular formula is C29H27FN6O5. The molecule has 0 bridgehead atoms. The van der Waals surface area contributed by atoms with Crippen LogP contribution in [0.25, 0.3) is 22.3 Å². The molecule has 11 nitrogen and oxygen atoms in total. The van der Waals surface area contributed by atoms with Gasteiger partial charge in [-0.05, 0) is 54.5 Å². The van der Waals surface area contributed by atoms with Gasteiger partial charge in [0.2, 0.25) is 0 Å². The molecule has 0 radical (unpaired) electrons. The first kappa shape index (κ1) is 25.5. The highest BCUT2D eigenvalue weighted by molar-refractivity contribution is 5.96. The summed E-state index contributed by atoms with van der Waals surface area (Å²) in [5, 5.41) is 20.9. The number of cyclic esters (lactones) is 1. The lowest BCUT2D eigenvalue weighted by Crippen LogP contribution is -2.33. The lowest BCUT2D eigenvalue weighted by molar-refractivity contribution is -0.148. The monoisotopic (exact) mass is 558 g/mol. The van der Waals surface area contributed by atoms with Crippen LogP contribution >= 0.6 is 0 Å². The first-order valence-corrected chi connectivity index (χ1v) is 13.7. The standard InChI is InChI=1S/C29H27FN6O5/c1-3-14-16-8-23-26-17(10-36(23)28(39)18(16)12-41-29(14)40)25-20(32-27(38)22-11-35(6-7-37)34-33-22)5-4-15-13(2)19(30)9-21(31-26)24(15)25/h8-9,11,14,20,37H,3-7,10,12H2,1-2H3,(H,32,38). The van der Waals surface area contributed by atoms with Gasteiger partial charge in [-0.3, -0.25) is 14.4 Å². The van der Waals surface area contributed by atoms with Crippen LogP contribution in [-0.4, -0.2) is 48.1 Å². The summed E-state index contributed by atoms with van der Waals surface area (Å²) >= 11 is 0. The van der Waals surface area contributed by atoms with Crippen LogP contribution in [0.5, 0.6) is 0 Å². The predicted octanol–water partition coefficient (Wildman–Crippen LogP) is 2.42. The Morgan fingerprint density at radius 3 is 2.85 bits per heavy atom. The lowest BCUT2D eigenvalue weighted by Gasteiger charge is -2.29. The van der Waals surface area contributed by atoms with Crippen molar-refractivity contribution in [3.63, 3.8) is 0 Å². The topological polar surface area (TPSA) is 141 Å². The Morgan fingerprint density at radius 1 is 1.24 bits per heavy atom. The highest BCUT2D eigenvalue weighted by Gasteiger charge is 2.37. The number of ether oxygens (including phenoxy) is 1. The van der Waals surface area contributed by atoms with Gasteiger partial charge in [0.25, 0.3) is 11.5 Å². The molecule has 0 saturated heterocycles. The third-order valence-corrected chi connectivity index (χ3v) is 8.60. The summed E-state index contributed by atoms with van der Waals surface area (Å²) in [7, 11) is 0. The minimum absolute atomic E-state index is 0.0768. The Hall–Kier alpha value is -4.45. The number of carbonyl (C=O) groups excluding carboxylic acids is 2. The average molecular weight is 559 g/mol. The number of aromatic nitrogens is 5. The average Bonchev–Trinajstić information content (AvgIpc) is 3.58. The Kier molecular flexibility index (Phi) is 5.79. The van der Waals surface area contributed by atoms with Crippen LogP contribution in [0.15, 0.2) is 23.1 Å². The maximum atomic E-state index is 15.1. The number of aliphatic hydroxyl groups is 1. The molecule has 0 saturated carbocycles. The molecule has 41 heavy (non-hydrogen) atoms. The normalized spacial score (nSPS) is 18.6. The first-order chi connectivity index (χ1) is 19.8. The van der Waals surface area contributed by atoms with E-state index in [1.807, 2.05) is 13.0 Å². The fourth-order valence-corrected chi connectivity index (χ4v) is 6.57. The van der Waals surface area contributed by atoms with Crippen molar-refractivity contribution in [2.45, 2.75) is 64.8 Å². The molecule has 5 heterocycles. The predicted molar refractivity (Wildman–Crippen MR) is 144 cm³/mol. The second-order valence-corrected chi connectivity index (χ2v) is 10.8. The molecule has 1 amide bonds. The summed E-state index contributed by atoms with van der Waals surface area (Å²) in [6, 6.07) is 2.81. The summed E-state index contributed by atoms with van der Waals surface area (Å²) in [6.45, 7) is 3.85. The van der Waals surface area contributed by atoms with Gasteiger partial charge in [-0.1, -0.05) is 12.1 Å². The van der Waals surface area contributed by atoms with Crippen LogP contribution in [0.3, 0.4) is 0 Å². The molecule has 1 aromatic carbocycles. The number of fused-ring (bicyclic) bond motifs is 5. The van der Waals surface area contributed by atoms with Gasteiger partial charge >= 0.3 is 5.97 Å². The third-order valence-electron chi connectivity index (χ3n) is 8.60. The van der Waals surface area contributed by atoms with Crippen molar-refractivity contribution in [2.24, 2.45) is 0 Å². The van der Waals surface area contributed by atoms with Crippen molar-refractivity contribution >= 4 is 22.8 Å². The molecular weight excluding hydrogens is 531 g/mol. The summed E-state index contributed by atoms with van der Waals surface area (Å²) in [4.78, 5) is 44.3. The number of aliphatic hydroxyl groups excluding tert-OH is 1. The second kappa shape index (κ2) is 9.30. The van der Waals surface area contributed by atoms with Crippen molar-refractivity contribution in [2.75, 3.05) is 6.61 Å². The van der Waals surface area contributed by atoms with Crippen molar-refractivity contribution in [3.8, 4) is 11.4 Å². The van der Waals surface area contributed by atoms with Gasteiger partial charge in [0.05, 0.1) is 60.3 Å². The Morgan fingerprint density at radius 2 is 2.07 bits per heavy atom. The van der Waals surface area contributed by atoms with Gasteiger partial charge < -0.3 is 19.7 Å². The van der Waals surface area contributed by atoms with E-state index in [-0.39, 0.29) is 49.3 Å². The molecule has 2 aliphatic heterocycles. The van der Waals surface area contributed by atoms with Gasteiger partial charge in [-0.15, -0.1) is 5.10 Å². The van der Waals surface area contributed by atoms with E-state index in [0.717, 1.165) is 22.1 Å². The van der Waals surface area contributed by atoms with Crippen LogP contribution in [0.4, 0.5) is 4.39 Å².